The standard InChI is InChI=1S/C16H21NO3/c1-12(9-15-5-4-8-20-15)17-11-13-6-7-14(18-2)10-16(13)19-3/h4-8,10,12,17H,9,11H2,1-3H3. The Morgan fingerprint density at radius 2 is 2.05 bits per heavy atom. The summed E-state index contributed by atoms with van der Waals surface area (Å²) in [7, 11) is 3.32. The average Bonchev–Trinajstić information content (AvgIpc) is 2.97. The van der Waals surface area contributed by atoms with Gasteiger partial charge in [-0.25, -0.2) is 0 Å². The summed E-state index contributed by atoms with van der Waals surface area (Å²) in [5.41, 5.74) is 1.11. The first-order valence-electron chi connectivity index (χ1n) is 6.69. The van der Waals surface area contributed by atoms with Crippen molar-refractivity contribution in [3.63, 3.8) is 0 Å². The minimum absolute atomic E-state index is 0.327. The van der Waals surface area contributed by atoms with Crippen LogP contribution in [0.4, 0.5) is 0 Å². The van der Waals surface area contributed by atoms with Gasteiger partial charge in [-0.1, -0.05) is 6.07 Å². The highest BCUT2D eigenvalue weighted by atomic mass is 16.5. The van der Waals surface area contributed by atoms with Crippen LogP contribution in [-0.4, -0.2) is 20.3 Å². The second-order valence-corrected chi connectivity index (χ2v) is 4.74. The summed E-state index contributed by atoms with van der Waals surface area (Å²) in [5.74, 6) is 2.63. The molecule has 108 valence electrons. The molecule has 0 bridgehead atoms. The maximum Gasteiger partial charge on any atom is 0.127 e. The van der Waals surface area contributed by atoms with E-state index >= 15 is 0 Å². The number of benzene rings is 1. The largest absolute Gasteiger partial charge is 0.497 e. The SMILES string of the molecule is COc1ccc(CNC(C)Cc2ccco2)c(OC)c1. The van der Waals surface area contributed by atoms with Gasteiger partial charge >= 0.3 is 0 Å². The lowest BCUT2D eigenvalue weighted by Gasteiger charge is -2.15. The van der Waals surface area contributed by atoms with Crippen molar-refractivity contribution < 1.29 is 13.9 Å². The predicted molar refractivity (Wildman–Crippen MR) is 78.3 cm³/mol. The Hall–Kier alpha value is -1.94. The van der Waals surface area contributed by atoms with Gasteiger partial charge in [-0.15, -0.1) is 0 Å². The van der Waals surface area contributed by atoms with Crippen LogP contribution in [0.2, 0.25) is 0 Å². The van der Waals surface area contributed by atoms with Crippen molar-refractivity contribution in [1.82, 2.24) is 5.32 Å². The molecule has 0 saturated heterocycles. The zero-order valence-corrected chi connectivity index (χ0v) is 12.2. The summed E-state index contributed by atoms with van der Waals surface area (Å²) < 4.78 is 15.9. The monoisotopic (exact) mass is 275 g/mol. The Kier molecular flexibility index (Phi) is 5.07. The van der Waals surface area contributed by atoms with Crippen LogP contribution in [0, 0.1) is 0 Å². The van der Waals surface area contributed by atoms with E-state index in [4.69, 9.17) is 13.9 Å². The van der Waals surface area contributed by atoms with E-state index in [0.29, 0.717) is 6.04 Å². The molecule has 4 heteroatoms. The van der Waals surface area contributed by atoms with E-state index in [9.17, 15) is 0 Å². The fraction of sp³-hybridized carbons (Fsp3) is 0.375. The molecule has 1 heterocycles. The molecule has 0 aliphatic rings. The van der Waals surface area contributed by atoms with Gasteiger partial charge in [0.05, 0.1) is 20.5 Å². The first-order valence-corrected chi connectivity index (χ1v) is 6.69. The summed E-state index contributed by atoms with van der Waals surface area (Å²) in [4.78, 5) is 0. The van der Waals surface area contributed by atoms with E-state index in [1.54, 1.807) is 20.5 Å². The molecular formula is C16H21NO3. The number of hydrogen-bond acceptors (Lipinski definition) is 4. The summed E-state index contributed by atoms with van der Waals surface area (Å²) in [5, 5.41) is 3.47. The third-order valence-corrected chi connectivity index (χ3v) is 3.22. The Labute approximate surface area is 119 Å². The van der Waals surface area contributed by atoms with Gasteiger partial charge in [-0.2, -0.15) is 0 Å². The highest BCUT2D eigenvalue weighted by Crippen LogP contribution is 2.24. The van der Waals surface area contributed by atoms with Crippen LogP contribution in [-0.2, 0) is 13.0 Å². The topological polar surface area (TPSA) is 43.6 Å². The van der Waals surface area contributed by atoms with Crippen LogP contribution in [0.5, 0.6) is 11.5 Å². The molecule has 1 aromatic heterocycles. The van der Waals surface area contributed by atoms with Crippen LogP contribution >= 0.6 is 0 Å². The third-order valence-electron chi connectivity index (χ3n) is 3.22. The second kappa shape index (κ2) is 7.01. The van der Waals surface area contributed by atoms with Crippen LogP contribution in [0.1, 0.15) is 18.2 Å². The van der Waals surface area contributed by atoms with Gasteiger partial charge < -0.3 is 19.2 Å². The van der Waals surface area contributed by atoms with E-state index in [1.807, 2.05) is 30.3 Å². The zero-order chi connectivity index (χ0) is 14.4. The molecule has 2 aromatic rings. The number of methoxy groups -OCH3 is 2. The van der Waals surface area contributed by atoms with E-state index in [1.165, 1.54) is 0 Å². The molecule has 4 nitrogen and oxygen atoms in total. The molecule has 0 spiro atoms. The quantitative estimate of drug-likeness (QED) is 0.843. The van der Waals surface area contributed by atoms with E-state index in [2.05, 4.69) is 12.2 Å². The second-order valence-electron chi connectivity index (χ2n) is 4.74. The highest BCUT2D eigenvalue weighted by molar-refractivity contribution is 5.40. The number of ether oxygens (including phenoxy) is 2. The minimum Gasteiger partial charge on any atom is -0.497 e. The normalized spacial score (nSPS) is 12.2. The first-order chi connectivity index (χ1) is 9.72. The molecule has 0 saturated carbocycles. The van der Waals surface area contributed by atoms with Crippen LogP contribution < -0.4 is 14.8 Å². The van der Waals surface area contributed by atoms with Gasteiger partial charge in [0.1, 0.15) is 17.3 Å². The molecule has 1 N–H and O–H groups in total. The molecule has 0 aliphatic carbocycles. The summed E-state index contributed by atoms with van der Waals surface area (Å²) in [6, 6.07) is 10.1. The Balaban J connectivity index is 1.93. The molecule has 1 atom stereocenters. The highest BCUT2D eigenvalue weighted by Gasteiger charge is 2.08. The minimum atomic E-state index is 0.327. The van der Waals surface area contributed by atoms with Crippen molar-refractivity contribution in [2.24, 2.45) is 0 Å². The third kappa shape index (κ3) is 3.78. The van der Waals surface area contributed by atoms with Crippen LogP contribution in [0.15, 0.2) is 41.0 Å². The maximum atomic E-state index is 5.39. The Morgan fingerprint density at radius 1 is 1.20 bits per heavy atom. The van der Waals surface area contributed by atoms with Gasteiger partial charge in [0.2, 0.25) is 0 Å². The molecule has 2 rings (SSSR count). The lowest BCUT2D eigenvalue weighted by molar-refractivity contribution is 0.388. The summed E-state index contributed by atoms with van der Waals surface area (Å²) in [6.45, 7) is 2.88. The first kappa shape index (κ1) is 14.5. The number of hydrogen-bond donors (Lipinski definition) is 1. The molecule has 1 unspecified atom stereocenters. The lowest BCUT2D eigenvalue weighted by atomic mass is 10.1. The van der Waals surface area contributed by atoms with Crippen molar-refractivity contribution in [2.75, 3.05) is 14.2 Å². The zero-order valence-electron chi connectivity index (χ0n) is 12.2. The summed E-state index contributed by atoms with van der Waals surface area (Å²) in [6.07, 6.45) is 2.57. The molecule has 0 aliphatic heterocycles. The fourth-order valence-corrected chi connectivity index (χ4v) is 2.08. The number of nitrogens with one attached hydrogen (secondary N) is 1. The molecular weight excluding hydrogens is 254 g/mol. The number of furan rings is 1. The summed E-state index contributed by atoms with van der Waals surface area (Å²) >= 11 is 0. The molecule has 20 heavy (non-hydrogen) atoms. The van der Waals surface area contributed by atoms with Crippen LogP contribution in [0.25, 0.3) is 0 Å². The van der Waals surface area contributed by atoms with Crippen molar-refractivity contribution >= 4 is 0 Å². The molecule has 1 aromatic carbocycles. The average molecular weight is 275 g/mol. The van der Waals surface area contributed by atoms with Gasteiger partial charge in [-0.3, -0.25) is 0 Å². The molecule has 0 radical (unpaired) electrons. The fourth-order valence-electron chi connectivity index (χ4n) is 2.08. The lowest BCUT2D eigenvalue weighted by Crippen LogP contribution is -2.27. The van der Waals surface area contributed by atoms with Crippen molar-refractivity contribution in [2.45, 2.75) is 25.9 Å². The maximum absolute atomic E-state index is 5.39. The Morgan fingerprint density at radius 3 is 2.70 bits per heavy atom. The van der Waals surface area contributed by atoms with Crippen molar-refractivity contribution in [3.05, 3.63) is 47.9 Å². The number of rotatable bonds is 7. The van der Waals surface area contributed by atoms with Crippen molar-refractivity contribution in [3.8, 4) is 11.5 Å². The molecule has 0 amide bonds. The van der Waals surface area contributed by atoms with E-state index in [-0.39, 0.29) is 0 Å². The smallest absolute Gasteiger partial charge is 0.127 e. The van der Waals surface area contributed by atoms with Gasteiger partial charge in [0.25, 0.3) is 0 Å². The van der Waals surface area contributed by atoms with E-state index < -0.39 is 0 Å². The predicted octanol–water partition coefficient (Wildman–Crippen LogP) is 3.02. The van der Waals surface area contributed by atoms with Gasteiger partial charge in [0.15, 0.2) is 0 Å². The van der Waals surface area contributed by atoms with Gasteiger partial charge in [-0.05, 0) is 25.1 Å². The van der Waals surface area contributed by atoms with E-state index in [0.717, 1.165) is 35.8 Å². The van der Waals surface area contributed by atoms with Gasteiger partial charge in [0, 0.05) is 30.6 Å². The molecule has 0 fully saturated rings. The van der Waals surface area contributed by atoms with Crippen LogP contribution in [0.3, 0.4) is 0 Å². The van der Waals surface area contributed by atoms with Crippen molar-refractivity contribution in [1.29, 1.82) is 0 Å². The Bertz CT molecular complexity index is 523.